The zero-order valence-corrected chi connectivity index (χ0v) is 8.96. The Morgan fingerprint density at radius 3 is 2.69 bits per heavy atom. The van der Waals surface area contributed by atoms with Gasteiger partial charge in [-0.3, -0.25) is 4.68 Å². The molecule has 0 spiro atoms. The van der Waals surface area contributed by atoms with Crippen LogP contribution in [0, 0.1) is 5.92 Å². The van der Waals surface area contributed by atoms with Gasteiger partial charge < -0.3 is 5.32 Å². The second kappa shape index (κ2) is 4.30. The molecule has 0 aromatic carbocycles. The van der Waals surface area contributed by atoms with Crippen molar-refractivity contribution in [2.24, 2.45) is 13.0 Å². The van der Waals surface area contributed by atoms with E-state index in [0.29, 0.717) is 5.92 Å². The van der Waals surface area contributed by atoms with Crippen LogP contribution in [0.4, 0.5) is 5.82 Å². The third kappa shape index (κ3) is 2.76. The molecule has 0 aliphatic rings. The van der Waals surface area contributed by atoms with Gasteiger partial charge in [0.2, 0.25) is 0 Å². The van der Waals surface area contributed by atoms with Crippen LogP contribution in [-0.2, 0) is 13.5 Å². The van der Waals surface area contributed by atoms with Gasteiger partial charge in [-0.15, -0.1) is 0 Å². The molecule has 13 heavy (non-hydrogen) atoms. The molecule has 1 heterocycles. The molecular weight excluding hydrogens is 162 g/mol. The van der Waals surface area contributed by atoms with Crippen LogP contribution < -0.4 is 5.32 Å². The molecule has 3 nitrogen and oxygen atoms in total. The summed E-state index contributed by atoms with van der Waals surface area (Å²) in [5.41, 5.74) is 1.15. The van der Waals surface area contributed by atoms with Crippen LogP contribution in [0.3, 0.4) is 0 Å². The van der Waals surface area contributed by atoms with Gasteiger partial charge in [0.05, 0.1) is 5.69 Å². The smallest absolute Gasteiger partial charge is 0.124 e. The second-order valence-corrected chi connectivity index (χ2v) is 3.77. The molecule has 0 aliphatic carbocycles. The molecule has 0 bridgehead atoms. The summed E-state index contributed by atoms with van der Waals surface area (Å²) in [6, 6.07) is 2.11. The molecule has 0 fully saturated rings. The third-order valence-electron chi connectivity index (χ3n) is 1.98. The highest BCUT2D eigenvalue weighted by Gasteiger charge is 2.02. The summed E-state index contributed by atoms with van der Waals surface area (Å²) >= 11 is 0. The summed E-state index contributed by atoms with van der Waals surface area (Å²) in [5.74, 6) is 1.78. The summed E-state index contributed by atoms with van der Waals surface area (Å²) in [6.45, 7) is 7.52. The second-order valence-electron chi connectivity index (χ2n) is 3.77. The maximum absolute atomic E-state index is 4.36. The van der Waals surface area contributed by atoms with Gasteiger partial charge in [-0.1, -0.05) is 20.8 Å². The fourth-order valence-electron chi connectivity index (χ4n) is 1.17. The number of nitrogens with zero attached hydrogens (tertiary/aromatic N) is 2. The van der Waals surface area contributed by atoms with Crippen molar-refractivity contribution in [3.8, 4) is 0 Å². The van der Waals surface area contributed by atoms with E-state index < -0.39 is 0 Å². The first kappa shape index (κ1) is 10.1. The van der Waals surface area contributed by atoms with E-state index in [4.69, 9.17) is 0 Å². The van der Waals surface area contributed by atoms with E-state index in [0.717, 1.165) is 24.5 Å². The monoisotopic (exact) mass is 181 g/mol. The molecule has 0 atom stereocenters. The zero-order valence-electron chi connectivity index (χ0n) is 8.96. The number of hydrogen-bond acceptors (Lipinski definition) is 2. The lowest BCUT2D eigenvalue weighted by atomic mass is 10.2. The minimum Gasteiger partial charge on any atom is -0.370 e. The normalized spacial score (nSPS) is 10.8. The van der Waals surface area contributed by atoms with Gasteiger partial charge in [-0.25, -0.2) is 0 Å². The fraction of sp³-hybridized carbons (Fsp3) is 0.700. The van der Waals surface area contributed by atoms with E-state index in [-0.39, 0.29) is 0 Å². The Kier molecular flexibility index (Phi) is 3.34. The first-order valence-corrected chi connectivity index (χ1v) is 4.90. The Bertz CT molecular complexity index is 263. The van der Waals surface area contributed by atoms with Crippen molar-refractivity contribution in [1.82, 2.24) is 9.78 Å². The van der Waals surface area contributed by atoms with Gasteiger partial charge in [0.1, 0.15) is 5.82 Å². The average molecular weight is 181 g/mol. The molecule has 1 aromatic rings. The summed E-state index contributed by atoms with van der Waals surface area (Å²) in [4.78, 5) is 0. The lowest BCUT2D eigenvalue weighted by molar-refractivity contribution is 0.674. The van der Waals surface area contributed by atoms with Crippen LogP contribution in [0.15, 0.2) is 6.07 Å². The number of aryl methyl sites for hydroxylation is 2. The van der Waals surface area contributed by atoms with E-state index in [9.17, 15) is 0 Å². The molecular formula is C10H19N3. The Balaban J connectivity index is 2.60. The summed E-state index contributed by atoms with van der Waals surface area (Å²) < 4.78 is 1.90. The first-order valence-electron chi connectivity index (χ1n) is 4.90. The number of nitrogens with one attached hydrogen (secondary N) is 1. The minimum absolute atomic E-state index is 0.667. The SMILES string of the molecule is CCc1cc(NCC(C)C)n(C)n1. The van der Waals surface area contributed by atoms with Crippen LogP contribution >= 0.6 is 0 Å². The molecule has 0 aliphatic heterocycles. The predicted molar refractivity (Wildman–Crippen MR) is 55.9 cm³/mol. The van der Waals surface area contributed by atoms with E-state index in [1.54, 1.807) is 0 Å². The van der Waals surface area contributed by atoms with Crippen molar-refractivity contribution in [3.63, 3.8) is 0 Å². The Labute approximate surface area is 80.1 Å². The number of rotatable bonds is 4. The van der Waals surface area contributed by atoms with Crippen molar-refractivity contribution in [2.45, 2.75) is 27.2 Å². The van der Waals surface area contributed by atoms with Crippen molar-refractivity contribution in [1.29, 1.82) is 0 Å². The zero-order chi connectivity index (χ0) is 9.84. The standard InChI is InChI=1S/C10H19N3/c1-5-9-6-10(13(4)12-9)11-7-8(2)3/h6,8,11H,5,7H2,1-4H3. The van der Waals surface area contributed by atoms with Gasteiger partial charge in [-0.05, 0) is 12.3 Å². The van der Waals surface area contributed by atoms with Crippen LogP contribution in [0.5, 0.6) is 0 Å². The van der Waals surface area contributed by atoms with Crippen LogP contribution in [0.2, 0.25) is 0 Å². The van der Waals surface area contributed by atoms with Gasteiger partial charge in [0, 0.05) is 19.7 Å². The molecule has 1 N–H and O–H groups in total. The largest absolute Gasteiger partial charge is 0.370 e. The maximum Gasteiger partial charge on any atom is 0.124 e. The van der Waals surface area contributed by atoms with Crippen molar-refractivity contribution in [3.05, 3.63) is 11.8 Å². The molecule has 0 amide bonds. The van der Waals surface area contributed by atoms with E-state index >= 15 is 0 Å². The lowest BCUT2D eigenvalue weighted by Gasteiger charge is -2.07. The van der Waals surface area contributed by atoms with E-state index in [2.05, 4.69) is 37.3 Å². The van der Waals surface area contributed by atoms with E-state index in [1.165, 1.54) is 0 Å². The summed E-state index contributed by atoms with van der Waals surface area (Å²) in [7, 11) is 1.97. The first-order chi connectivity index (χ1) is 6.13. The highest BCUT2D eigenvalue weighted by molar-refractivity contribution is 5.36. The molecule has 0 radical (unpaired) electrons. The van der Waals surface area contributed by atoms with Crippen LogP contribution in [0.25, 0.3) is 0 Å². The lowest BCUT2D eigenvalue weighted by Crippen LogP contribution is -2.10. The fourth-order valence-corrected chi connectivity index (χ4v) is 1.17. The molecule has 1 rings (SSSR count). The summed E-state index contributed by atoms with van der Waals surface area (Å²) in [5, 5.41) is 7.73. The summed E-state index contributed by atoms with van der Waals surface area (Å²) in [6.07, 6.45) is 0.997. The molecule has 0 saturated heterocycles. The number of hydrogen-bond donors (Lipinski definition) is 1. The van der Waals surface area contributed by atoms with Crippen molar-refractivity contribution in [2.75, 3.05) is 11.9 Å². The maximum atomic E-state index is 4.36. The number of aromatic nitrogens is 2. The number of anilines is 1. The predicted octanol–water partition coefficient (Wildman–Crippen LogP) is 2.05. The van der Waals surface area contributed by atoms with Crippen molar-refractivity contribution < 1.29 is 0 Å². The highest BCUT2D eigenvalue weighted by Crippen LogP contribution is 2.09. The Morgan fingerprint density at radius 1 is 1.54 bits per heavy atom. The van der Waals surface area contributed by atoms with Gasteiger partial charge >= 0.3 is 0 Å². The van der Waals surface area contributed by atoms with Crippen LogP contribution in [0.1, 0.15) is 26.5 Å². The molecule has 3 heteroatoms. The van der Waals surface area contributed by atoms with E-state index in [1.807, 2.05) is 11.7 Å². The molecule has 0 saturated carbocycles. The average Bonchev–Trinajstić information content (AvgIpc) is 2.43. The third-order valence-corrected chi connectivity index (χ3v) is 1.98. The van der Waals surface area contributed by atoms with Gasteiger partial charge in [-0.2, -0.15) is 5.10 Å². The molecule has 74 valence electrons. The molecule has 1 aromatic heterocycles. The van der Waals surface area contributed by atoms with Gasteiger partial charge in [0.15, 0.2) is 0 Å². The topological polar surface area (TPSA) is 29.9 Å². The quantitative estimate of drug-likeness (QED) is 0.770. The molecule has 0 unspecified atom stereocenters. The van der Waals surface area contributed by atoms with Crippen LogP contribution in [-0.4, -0.2) is 16.3 Å². The Morgan fingerprint density at radius 2 is 2.23 bits per heavy atom. The minimum atomic E-state index is 0.667. The van der Waals surface area contributed by atoms with Crippen molar-refractivity contribution >= 4 is 5.82 Å². The highest BCUT2D eigenvalue weighted by atomic mass is 15.3. The Hall–Kier alpha value is -0.990. The van der Waals surface area contributed by atoms with Gasteiger partial charge in [0.25, 0.3) is 0 Å².